The lowest BCUT2D eigenvalue weighted by molar-refractivity contribution is -0.259. The summed E-state index contributed by atoms with van der Waals surface area (Å²) in [5.41, 5.74) is 0. The number of hydrogen-bond acceptors (Lipinski definition) is 8. The summed E-state index contributed by atoms with van der Waals surface area (Å²) in [5.74, 6) is -1.56. The first-order valence-corrected chi connectivity index (χ1v) is 6.49. The normalized spacial score (nSPS) is 28.6. The molecule has 0 N–H and O–H groups in total. The van der Waals surface area contributed by atoms with Gasteiger partial charge in [0, 0.05) is 34.3 Å². The van der Waals surface area contributed by atoms with Gasteiger partial charge in [-0.25, -0.2) is 0 Å². The zero-order valence-electron chi connectivity index (χ0n) is 12.5. The summed E-state index contributed by atoms with van der Waals surface area (Å²) >= 11 is 0. The van der Waals surface area contributed by atoms with E-state index in [2.05, 4.69) is 0 Å². The molecule has 1 heterocycles. The first kappa shape index (κ1) is 17.4. The predicted octanol–water partition coefficient (Wildman–Crippen LogP) is 0.174. The molecule has 0 radical (unpaired) electrons. The van der Waals surface area contributed by atoms with E-state index in [4.69, 9.17) is 23.7 Å². The lowest BCUT2D eigenvalue weighted by Crippen LogP contribution is -2.54. The van der Waals surface area contributed by atoms with E-state index < -0.39 is 42.5 Å². The fraction of sp³-hybridized carbons (Fsp3) is 0.769. The summed E-state index contributed by atoms with van der Waals surface area (Å²) in [4.78, 5) is 33.3. The van der Waals surface area contributed by atoms with Crippen LogP contribution in [0.3, 0.4) is 0 Å². The van der Waals surface area contributed by atoms with Crippen molar-refractivity contribution in [2.75, 3.05) is 13.7 Å². The molecule has 0 aromatic carbocycles. The Kier molecular flexibility index (Phi) is 6.57. The van der Waals surface area contributed by atoms with Gasteiger partial charge in [0.25, 0.3) is 0 Å². The number of ether oxygens (including phenoxy) is 5. The molecule has 4 atom stereocenters. The molecule has 0 amide bonds. The third-order valence-corrected chi connectivity index (χ3v) is 2.82. The first-order valence-electron chi connectivity index (χ1n) is 6.49. The molecule has 2 unspecified atom stereocenters. The number of rotatable bonds is 5. The van der Waals surface area contributed by atoms with Crippen LogP contribution in [0.15, 0.2) is 0 Å². The average molecular weight is 304 g/mol. The summed E-state index contributed by atoms with van der Waals surface area (Å²) in [5, 5.41) is 0. The van der Waals surface area contributed by atoms with Crippen LogP contribution in [-0.2, 0) is 38.1 Å². The maximum atomic E-state index is 11.2. The van der Waals surface area contributed by atoms with Gasteiger partial charge >= 0.3 is 17.9 Å². The molecule has 0 spiro atoms. The molecular formula is C13H20O8. The maximum Gasteiger partial charge on any atom is 0.303 e. The van der Waals surface area contributed by atoms with Crippen LogP contribution in [0.4, 0.5) is 0 Å². The second kappa shape index (κ2) is 7.94. The van der Waals surface area contributed by atoms with Crippen LogP contribution in [-0.4, -0.2) is 56.2 Å². The van der Waals surface area contributed by atoms with Crippen LogP contribution < -0.4 is 0 Å². The summed E-state index contributed by atoms with van der Waals surface area (Å²) in [6.07, 6.45) is -2.81. The zero-order chi connectivity index (χ0) is 16.0. The molecule has 1 aliphatic heterocycles. The smallest absolute Gasteiger partial charge is 0.303 e. The van der Waals surface area contributed by atoms with E-state index in [1.807, 2.05) is 0 Å². The molecule has 1 saturated heterocycles. The van der Waals surface area contributed by atoms with Gasteiger partial charge in [-0.2, -0.15) is 0 Å². The Bertz CT molecular complexity index is 394. The van der Waals surface area contributed by atoms with Gasteiger partial charge in [-0.1, -0.05) is 0 Å². The Morgan fingerprint density at radius 2 is 1.67 bits per heavy atom. The Morgan fingerprint density at radius 1 is 1.05 bits per heavy atom. The lowest BCUT2D eigenvalue weighted by atomic mass is 10.0. The molecule has 0 bridgehead atoms. The van der Waals surface area contributed by atoms with Crippen LogP contribution in [0.2, 0.25) is 0 Å². The number of esters is 3. The van der Waals surface area contributed by atoms with Crippen molar-refractivity contribution in [3.63, 3.8) is 0 Å². The highest BCUT2D eigenvalue weighted by Crippen LogP contribution is 2.26. The summed E-state index contributed by atoms with van der Waals surface area (Å²) in [6, 6.07) is 0. The summed E-state index contributed by atoms with van der Waals surface area (Å²) in [6.45, 7) is 3.60. The van der Waals surface area contributed by atoms with E-state index in [0.717, 1.165) is 0 Å². The average Bonchev–Trinajstić information content (AvgIpc) is 2.37. The predicted molar refractivity (Wildman–Crippen MR) is 68.0 cm³/mol. The third kappa shape index (κ3) is 5.68. The third-order valence-electron chi connectivity index (χ3n) is 2.82. The highest BCUT2D eigenvalue weighted by atomic mass is 16.7. The largest absolute Gasteiger partial charge is 0.463 e. The van der Waals surface area contributed by atoms with Crippen molar-refractivity contribution in [3.05, 3.63) is 0 Å². The Balaban J connectivity index is 2.87. The molecule has 8 heteroatoms. The molecular weight excluding hydrogens is 284 g/mol. The molecule has 0 aromatic heterocycles. The highest BCUT2D eigenvalue weighted by molar-refractivity contribution is 5.67. The van der Waals surface area contributed by atoms with Crippen LogP contribution in [0, 0.1) is 0 Å². The van der Waals surface area contributed by atoms with Gasteiger partial charge in [-0.15, -0.1) is 0 Å². The van der Waals surface area contributed by atoms with E-state index in [1.54, 1.807) is 0 Å². The van der Waals surface area contributed by atoms with Gasteiger partial charge in [0.05, 0.1) is 0 Å². The van der Waals surface area contributed by atoms with Crippen LogP contribution in [0.5, 0.6) is 0 Å². The van der Waals surface area contributed by atoms with E-state index in [9.17, 15) is 14.4 Å². The van der Waals surface area contributed by atoms with Gasteiger partial charge in [0.15, 0.2) is 12.4 Å². The maximum absolute atomic E-state index is 11.2. The van der Waals surface area contributed by atoms with Gasteiger partial charge in [0.2, 0.25) is 0 Å². The summed E-state index contributed by atoms with van der Waals surface area (Å²) in [7, 11) is 1.44. The van der Waals surface area contributed by atoms with Gasteiger partial charge in [-0.3, -0.25) is 14.4 Å². The fourth-order valence-corrected chi connectivity index (χ4v) is 2.05. The van der Waals surface area contributed by atoms with Gasteiger partial charge < -0.3 is 23.7 Å². The van der Waals surface area contributed by atoms with Crippen molar-refractivity contribution in [3.8, 4) is 0 Å². The monoisotopic (exact) mass is 304 g/mol. The Morgan fingerprint density at radius 3 is 2.14 bits per heavy atom. The topological polar surface area (TPSA) is 97.4 Å². The minimum atomic E-state index is -0.864. The van der Waals surface area contributed by atoms with E-state index in [1.165, 1.54) is 27.9 Å². The molecule has 0 aromatic rings. The molecule has 8 nitrogen and oxygen atoms in total. The van der Waals surface area contributed by atoms with Crippen molar-refractivity contribution in [2.24, 2.45) is 0 Å². The minimum Gasteiger partial charge on any atom is -0.463 e. The molecule has 0 aliphatic carbocycles. The number of carbonyl (C=O) groups is 3. The lowest BCUT2D eigenvalue weighted by Gasteiger charge is -2.39. The second-order valence-corrected chi connectivity index (χ2v) is 4.60. The summed E-state index contributed by atoms with van der Waals surface area (Å²) < 4.78 is 25.8. The molecule has 0 saturated carbocycles. The van der Waals surface area contributed by atoms with Gasteiger partial charge in [0.1, 0.15) is 18.8 Å². The Hall–Kier alpha value is -1.67. The molecule has 1 aliphatic rings. The van der Waals surface area contributed by atoms with E-state index in [0.29, 0.717) is 0 Å². The van der Waals surface area contributed by atoms with Crippen molar-refractivity contribution >= 4 is 17.9 Å². The van der Waals surface area contributed by atoms with Crippen LogP contribution in [0.1, 0.15) is 27.2 Å². The number of carbonyl (C=O) groups excluding carboxylic acids is 3. The van der Waals surface area contributed by atoms with Gasteiger partial charge in [-0.05, 0) is 0 Å². The molecule has 1 rings (SSSR count). The van der Waals surface area contributed by atoms with Crippen LogP contribution in [0.25, 0.3) is 0 Å². The second-order valence-electron chi connectivity index (χ2n) is 4.60. The van der Waals surface area contributed by atoms with E-state index in [-0.39, 0.29) is 13.0 Å². The SMILES string of the molecule is CO[C@H]1CC(OC(C)=O)[C@@H](OC(C)=O)C(COC(C)=O)O1. The van der Waals surface area contributed by atoms with Crippen molar-refractivity contribution in [1.29, 1.82) is 0 Å². The molecule has 21 heavy (non-hydrogen) atoms. The van der Waals surface area contributed by atoms with Crippen molar-refractivity contribution in [2.45, 2.75) is 51.8 Å². The fourth-order valence-electron chi connectivity index (χ4n) is 2.05. The zero-order valence-corrected chi connectivity index (χ0v) is 12.5. The van der Waals surface area contributed by atoms with Crippen molar-refractivity contribution < 1.29 is 38.1 Å². The molecule has 1 fully saturated rings. The van der Waals surface area contributed by atoms with E-state index >= 15 is 0 Å². The molecule has 120 valence electrons. The first-order chi connectivity index (χ1) is 9.83. The Labute approximate surface area is 122 Å². The van der Waals surface area contributed by atoms with Crippen LogP contribution >= 0.6 is 0 Å². The number of hydrogen-bond donors (Lipinski definition) is 0. The van der Waals surface area contributed by atoms with Crippen molar-refractivity contribution in [1.82, 2.24) is 0 Å². The quantitative estimate of drug-likeness (QED) is 0.524. The minimum absolute atomic E-state index is 0.134. The number of methoxy groups -OCH3 is 1. The highest BCUT2D eigenvalue weighted by Gasteiger charge is 2.43. The standard InChI is InChI=1S/C13H20O8/c1-7(14)18-6-11-13(20-9(3)16)10(19-8(2)15)5-12(17-4)21-11/h10-13H,5-6H2,1-4H3/t10?,11?,12-,13-/m1/s1.